The number of likely N-dealkylation sites (N-methyl/N-ethyl adjacent to an activating group) is 1. The normalized spacial score (nSPS) is 19.2. The molecule has 0 aliphatic carbocycles. The van der Waals surface area contributed by atoms with Crippen molar-refractivity contribution in [2.45, 2.75) is 45.2 Å². The standard InChI is InChI=1S/C19H29N3O2/c1-14(2)12-17(23)21-18(15-8-5-4-6-9-15)19(24)22-11-7-10-16(13-22)20-3/h4-6,8-9,14,16,18,20H,7,10-13H2,1-3H3,(H,21,23). The van der Waals surface area contributed by atoms with E-state index in [2.05, 4.69) is 10.6 Å². The lowest BCUT2D eigenvalue weighted by molar-refractivity contribution is -0.138. The highest BCUT2D eigenvalue weighted by Crippen LogP contribution is 2.20. The van der Waals surface area contributed by atoms with Crippen LogP contribution < -0.4 is 10.6 Å². The van der Waals surface area contributed by atoms with Crippen LogP contribution >= 0.6 is 0 Å². The first-order chi connectivity index (χ1) is 11.5. The lowest BCUT2D eigenvalue weighted by Crippen LogP contribution is -2.51. The van der Waals surface area contributed by atoms with Gasteiger partial charge < -0.3 is 15.5 Å². The van der Waals surface area contributed by atoms with Crippen LogP contribution in [0, 0.1) is 5.92 Å². The zero-order chi connectivity index (χ0) is 17.5. The summed E-state index contributed by atoms with van der Waals surface area (Å²) in [6.07, 6.45) is 2.49. The molecule has 2 rings (SSSR count). The molecule has 1 fully saturated rings. The van der Waals surface area contributed by atoms with Gasteiger partial charge in [0.15, 0.2) is 0 Å². The summed E-state index contributed by atoms with van der Waals surface area (Å²) in [4.78, 5) is 27.2. The Hall–Kier alpha value is -1.88. The second kappa shape index (κ2) is 8.83. The number of amides is 2. The third kappa shape index (κ3) is 5.06. The molecule has 5 heteroatoms. The minimum atomic E-state index is -0.604. The molecule has 1 aliphatic rings. The van der Waals surface area contributed by atoms with Crippen LogP contribution in [0.2, 0.25) is 0 Å². The lowest BCUT2D eigenvalue weighted by Gasteiger charge is -2.35. The van der Waals surface area contributed by atoms with E-state index in [1.165, 1.54) is 0 Å². The van der Waals surface area contributed by atoms with Gasteiger partial charge in [0, 0.05) is 25.6 Å². The summed E-state index contributed by atoms with van der Waals surface area (Å²) in [5.74, 6) is 0.174. The van der Waals surface area contributed by atoms with Gasteiger partial charge in [-0.2, -0.15) is 0 Å². The maximum atomic E-state index is 13.1. The molecule has 5 nitrogen and oxygen atoms in total. The van der Waals surface area contributed by atoms with Crippen LogP contribution in [-0.2, 0) is 9.59 Å². The van der Waals surface area contributed by atoms with Crippen LogP contribution in [0.1, 0.15) is 44.7 Å². The highest BCUT2D eigenvalue weighted by molar-refractivity contribution is 5.88. The van der Waals surface area contributed by atoms with E-state index >= 15 is 0 Å². The summed E-state index contributed by atoms with van der Waals surface area (Å²) >= 11 is 0. The monoisotopic (exact) mass is 331 g/mol. The van der Waals surface area contributed by atoms with Gasteiger partial charge in [-0.05, 0) is 31.4 Å². The summed E-state index contributed by atoms with van der Waals surface area (Å²) in [6, 6.07) is 9.24. The van der Waals surface area contributed by atoms with Crippen molar-refractivity contribution in [3.63, 3.8) is 0 Å². The Labute approximate surface area is 144 Å². The van der Waals surface area contributed by atoms with Crippen LogP contribution in [0.4, 0.5) is 0 Å². The molecule has 2 amide bonds. The van der Waals surface area contributed by atoms with E-state index in [1.54, 1.807) is 0 Å². The number of rotatable bonds is 6. The lowest BCUT2D eigenvalue weighted by atomic mass is 10.0. The first kappa shape index (κ1) is 18.5. The predicted molar refractivity (Wildman–Crippen MR) is 95.4 cm³/mol. The first-order valence-corrected chi connectivity index (χ1v) is 8.81. The van der Waals surface area contributed by atoms with Gasteiger partial charge in [-0.15, -0.1) is 0 Å². The number of piperidine rings is 1. The molecule has 1 saturated heterocycles. The Kier molecular flexibility index (Phi) is 6.79. The number of nitrogens with zero attached hydrogens (tertiary/aromatic N) is 1. The van der Waals surface area contributed by atoms with Gasteiger partial charge in [-0.1, -0.05) is 44.2 Å². The van der Waals surface area contributed by atoms with Gasteiger partial charge in [0.05, 0.1) is 0 Å². The molecule has 0 spiro atoms. The second-order valence-electron chi connectivity index (χ2n) is 6.92. The van der Waals surface area contributed by atoms with E-state index in [4.69, 9.17) is 0 Å². The Bertz CT molecular complexity index is 545. The molecule has 1 aliphatic heterocycles. The molecule has 2 unspecified atom stereocenters. The van der Waals surface area contributed by atoms with Gasteiger partial charge >= 0.3 is 0 Å². The molecule has 0 aromatic heterocycles. The zero-order valence-electron chi connectivity index (χ0n) is 14.9. The summed E-state index contributed by atoms with van der Waals surface area (Å²) < 4.78 is 0. The zero-order valence-corrected chi connectivity index (χ0v) is 14.9. The van der Waals surface area contributed by atoms with E-state index in [9.17, 15) is 9.59 Å². The SMILES string of the molecule is CNC1CCCN(C(=O)C(NC(=O)CC(C)C)c2ccccc2)C1. The molecule has 1 aromatic carbocycles. The molecule has 0 saturated carbocycles. The molecule has 0 bridgehead atoms. The van der Waals surface area contributed by atoms with Crippen molar-refractivity contribution in [3.05, 3.63) is 35.9 Å². The van der Waals surface area contributed by atoms with Crippen molar-refractivity contribution in [2.75, 3.05) is 20.1 Å². The number of hydrogen-bond acceptors (Lipinski definition) is 3. The molecule has 1 aromatic rings. The first-order valence-electron chi connectivity index (χ1n) is 8.81. The van der Waals surface area contributed by atoms with Crippen molar-refractivity contribution in [1.29, 1.82) is 0 Å². The fraction of sp³-hybridized carbons (Fsp3) is 0.579. The molecule has 132 valence electrons. The fourth-order valence-electron chi connectivity index (χ4n) is 3.12. The highest BCUT2D eigenvalue weighted by Gasteiger charge is 2.30. The topological polar surface area (TPSA) is 61.4 Å². The van der Waals surface area contributed by atoms with Gasteiger partial charge in [0.25, 0.3) is 0 Å². The Morgan fingerprint density at radius 1 is 1.25 bits per heavy atom. The van der Waals surface area contributed by atoms with Crippen LogP contribution in [0.5, 0.6) is 0 Å². The van der Waals surface area contributed by atoms with Gasteiger partial charge in [0.2, 0.25) is 11.8 Å². The van der Waals surface area contributed by atoms with Crippen LogP contribution in [0.25, 0.3) is 0 Å². The molecule has 0 radical (unpaired) electrons. The molecule has 2 N–H and O–H groups in total. The summed E-state index contributed by atoms with van der Waals surface area (Å²) in [7, 11) is 1.93. The molecular formula is C19H29N3O2. The number of hydrogen-bond donors (Lipinski definition) is 2. The number of benzene rings is 1. The number of carbonyl (C=O) groups excluding carboxylic acids is 2. The largest absolute Gasteiger partial charge is 0.341 e. The van der Waals surface area contributed by atoms with Gasteiger partial charge in [-0.3, -0.25) is 9.59 Å². The van der Waals surface area contributed by atoms with Crippen LogP contribution in [0.15, 0.2) is 30.3 Å². The van der Waals surface area contributed by atoms with Crippen LogP contribution in [0.3, 0.4) is 0 Å². The summed E-state index contributed by atoms with van der Waals surface area (Å²) in [5, 5.41) is 6.20. The highest BCUT2D eigenvalue weighted by atomic mass is 16.2. The fourth-order valence-corrected chi connectivity index (χ4v) is 3.12. The van der Waals surface area contributed by atoms with Crippen molar-refractivity contribution in [2.24, 2.45) is 5.92 Å². The smallest absolute Gasteiger partial charge is 0.249 e. The van der Waals surface area contributed by atoms with Crippen LogP contribution in [-0.4, -0.2) is 42.9 Å². The predicted octanol–water partition coefficient (Wildman–Crippen LogP) is 2.10. The van der Waals surface area contributed by atoms with E-state index in [0.717, 1.165) is 24.9 Å². The second-order valence-corrected chi connectivity index (χ2v) is 6.92. The average Bonchev–Trinajstić information content (AvgIpc) is 2.59. The number of nitrogens with one attached hydrogen (secondary N) is 2. The quantitative estimate of drug-likeness (QED) is 0.839. The van der Waals surface area contributed by atoms with Crippen molar-refractivity contribution >= 4 is 11.8 Å². The minimum absolute atomic E-state index is 0.0155. The Balaban J connectivity index is 2.15. The third-order valence-corrected chi connectivity index (χ3v) is 4.42. The van der Waals surface area contributed by atoms with Gasteiger partial charge in [-0.25, -0.2) is 0 Å². The number of likely N-dealkylation sites (tertiary alicyclic amines) is 1. The van der Waals surface area contributed by atoms with E-state index < -0.39 is 6.04 Å². The minimum Gasteiger partial charge on any atom is -0.341 e. The van der Waals surface area contributed by atoms with E-state index in [-0.39, 0.29) is 17.7 Å². The van der Waals surface area contributed by atoms with Crippen molar-refractivity contribution in [3.8, 4) is 0 Å². The average molecular weight is 331 g/mol. The Morgan fingerprint density at radius 2 is 1.96 bits per heavy atom. The molecule has 1 heterocycles. The third-order valence-electron chi connectivity index (χ3n) is 4.42. The van der Waals surface area contributed by atoms with Crippen molar-refractivity contribution in [1.82, 2.24) is 15.5 Å². The van der Waals surface area contributed by atoms with E-state index in [0.29, 0.717) is 19.0 Å². The molecular weight excluding hydrogens is 302 g/mol. The summed E-state index contributed by atoms with van der Waals surface area (Å²) in [6.45, 7) is 5.45. The molecule has 24 heavy (non-hydrogen) atoms. The molecule has 2 atom stereocenters. The van der Waals surface area contributed by atoms with Crippen molar-refractivity contribution < 1.29 is 9.59 Å². The Morgan fingerprint density at radius 3 is 2.58 bits per heavy atom. The number of carbonyl (C=O) groups is 2. The maximum Gasteiger partial charge on any atom is 0.249 e. The van der Waals surface area contributed by atoms with Gasteiger partial charge in [0.1, 0.15) is 6.04 Å². The summed E-state index contributed by atoms with van der Waals surface area (Å²) in [5.41, 5.74) is 0.839. The maximum absolute atomic E-state index is 13.1. The van der Waals surface area contributed by atoms with E-state index in [1.807, 2.05) is 56.1 Å².